The first-order chi connectivity index (χ1) is 36.7. The summed E-state index contributed by atoms with van der Waals surface area (Å²) in [5.41, 5.74) is 16.8. The van der Waals surface area contributed by atoms with E-state index in [1.165, 1.54) is 21.5 Å². The molecule has 3 heterocycles. The standard InChI is InChI=1S/C69H47N5/c1-2-47(48-23-8-3-9-24-48)31-22-32-54-45-55(69-71-67(52-27-12-5-13-28-52)70-68(72-69)53-29-14-6-15-30-53)46-60(51-41-39-50(40-42-51)49-25-10-4-11-26-49)65(54)74-61-37-20-18-35-57(61)58-43-44-63-64(66(58)74)59-36-19-21-38-62(59)73(63)56-33-16-7-17-34-56/h2-46H,1H2/b32-22+,47-31+. The van der Waals surface area contributed by atoms with E-state index < -0.39 is 0 Å². The summed E-state index contributed by atoms with van der Waals surface area (Å²) in [6.07, 6.45) is 8.45. The predicted molar refractivity (Wildman–Crippen MR) is 309 cm³/mol. The third-order valence-electron chi connectivity index (χ3n) is 14.0. The normalized spacial score (nSPS) is 11.9. The highest BCUT2D eigenvalue weighted by Gasteiger charge is 2.25. The number of aromatic nitrogens is 5. The molecule has 13 rings (SSSR count). The molecule has 0 aliphatic rings. The van der Waals surface area contributed by atoms with Crippen molar-refractivity contribution in [3.05, 3.63) is 285 Å². The van der Waals surface area contributed by atoms with Crippen LogP contribution in [-0.4, -0.2) is 24.1 Å². The zero-order chi connectivity index (χ0) is 49.4. The lowest BCUT2D eigenvalue weighted by atomic mass is 9.94. The van der Waals surface area contributed by atoms with E-state index in [-0.39, 0.29) is 0 Å². The molecule has 10 aromatic carbocycles. The fourth-order valence-electron chi connectivity index (χ4n) is 10.6. The van der Waals surface area contributed by atoms with Crippen molar-refractivity contribution in [2.24, 2.45) is 0 Å². The number of allylic oxidation sites excluding steroid dienone is 4. The molecule has 0 aliphatic carbocycles. The lowest BCUT2D eigenvalue weighted by molar-refractivity contribution is 1.07. The van der Waals surface area contributed by atoms with E-state index in [9.17, 15) is 0 Å². The van der Waals surface area contributed by atoms with Crippen LogP contribution in [0.5, 0.6) is 0 Å². The van der Waals surface area contributed by atoms with Gasteiger partial charge in [0.05, 0.1) is 27.8 Å². The van der Waals surface area contributed by atoms with Gasteiger partial charge in [-0.1, -0.05) is 237 Å². The first-order valence-electron chi connectivity index (χ1n) is 25.0. The van der Waals surface area contributed by atoms with Crippen LogP contribution in [0.4, 0.5) is 0 Å². The molecule has 0 saturated heterocycles. The summed E-state index contributed by atoms with van der Waals surface area (Å²) in [5, 5.41) is 4.69. The Morgan fingerprint density at radius 2 is 0.892 bits per heavy atom. The first-order valence-corrected chi connectivity index (χ1v) is 25.0. The highest BCUT2D eigenvalue weighted by molar-refractivity contribution is 6.26. The van der Waals surface area contributed by atoms with Crippen LogP contribution in [0.25, 0.3) is 123 Å². The van der Waals surface area contributed by atoms with E-state index in [2.05, 4.69) is 240 Å². The highest BCUT2D eigenvalue weighted by Crippen LogP contribution is 2.46. The molecule has 0 radical (unpaired) electrons. The molecule has 5 heteroatoms. The molecule has 0 aliphatic heterocycles. The van der Waals surface area contributed by atoms with E-state index in [4.69, 9.17) is 15.0 Å². The van der Waals surface area contributed by atoms with Crippen LogP contribution in [0.15, 0.2) is 274 Å². The lowest BCUT2D eigenvalue weighted by Crippen LogP contribution is -2.04. The van der Waals surface area contributed by atoms with Gasteiger partial charge < -0.3 is 9.13 Å². The second-order valence-corrected chi connectivity index (χ2v) is 18.4. The number of fused-ring (bicyclic) bond motifs is 7. The van der Waals surface area contributed by atoms with Crippen molar-refractivity contribution in [3.63, 3.8) is 0 Å². The minimum atomic E-state index is 0.572. The Balaban J connectivity index is 1.17. The molecule has 0 N–H and O–H groups in total. The summed E-state index contributed by atoms with van der Waals surface area (Å²) in [4.78, 5) is 15.7. The Morgan fingerprint density at radius 3 is 1.51 bits per heavy atom. The monoisotopic (exact) mass is 945 g/mol. The smallest absolute Gasteiger partial charge is 0.164 e. The van der Waals surface area contributed by atoms with E-state index >= 15 is 0 Å². The summed E-state index contributed by atoms with van der Waals surface area (Å²) in [7, 11) is 0. The molecule has 0 fully saturated rings. The number of nitrogens with zero attached hydrogens (tertiary/aromatic N) is 5. The van der Waals surface area contributed by atoms with E-state index in [0.717, 1.165) is 89.1 Å². The lowest BCUT2D eigenvalue weighted by Gasteiger charge is -2.20. The molecule has 0 spiro atoms. The number of rotatable bonds is 11. The van der Waals surface area contributed by atoms with Gasteiger partial charge in [0.2, 0.25) is 0 Å². The van der Waals surface area contributed by atoms with Crippen LogP contribution < -0.4 is 0 Å². The van der Waals surface area contributed by atoms with E-state index in [0.29, 0.717) is 17.5 Å². The topological polar surface area (TPSA) is 48.5 Å². The maximum absolute atomic E-state index is 5.31. The zero-order valence-electron chi connectivity index (χ0n) is 40.4. The van der Waals surface area contributed by atoms with Crippen molar-refractivity contribution in [1.82, 2.24) is 24.1 Å². The van der Waals surface area contributed by atoms with Crippen molar-refractivity contribution in [2.75, 3.05) is 0 Å². The molecule has 0 saturated carbocycles. The molecule has 348 valence electrons. The van der Waals surface area contributed by atoms with Crippen molar-refractivity contribution >= 4 is 55.3 Å². The van der Waals surface area contributed by atoms with Crippen molar-refractivity contribution in [3.8, 4) is 67.8 Å². The van der Waals surface area contributed by atoms with Gasteiger partial charge in [0, 0.05) is 49.5 Å². The van der Waals surface area contributed by atoms with Crippen LogP contribution >= 0.6 is 0 Å². The summed E-state index contributed by atoms with van der Waals surface area (Å²) in [5.74, 6) is 1.78. The molecule has 0 atom stereocenters. The molecular weight excluding hydrogens is 899 g/mol. The third-order valence-corrected chi connectivity index (χ3v) is 14.0. The fourth-order valence-corrected chi connectivity index (χ4v) is 10.6. The minimum Gasteiger partial charge on any atom is -0.309 e. The third kappa shape index (κ3) is 7.90. The SMILES string of the molecule is C=C/C(=C\C=C\c1cc(-c2nc(-c3ccccc3)nc(-c3ccccc3)n2)cc(-c2ccc(-c3ccccc3)cc2)c1-n1c2ccccc2c2ccc3c(c4ccccc4n3-c3ccccc3)c21)c1ccccc1. The van der Waals surface area contributed by atoms with Gasteiger partial charge in [0.15, 0.2) is 17.5 Å². The second-order valence-electron chi connectivity index (χ2n) is 18.4. The Labute approximate surface area is 429 Å². The molecule has 13 aromatic rings. The summed E-state index contributed by atoms with van der Waals surface area (Å²) >= 11 is 0. The zero-order valence-corrected chi connectivity index (χ0v) is 40.4. The predicted octanol–water partition coefficient (Wildman–Crippen LogP) is 17.7. The van der Waals surface area contributed by atoms with Crippen molar-refractivity contribution < 1.29 is 0 Å². The molecular formula is C69H47N5. The van der Waals surface area contributed by atoms with Crippen molar-refractivity contribution in [2.45, 2.75) is 0 Å². The molecule has 0 unspecified atom stereocenters. The van der Waals surface area contributed by atoms with Gasteiger partial charge in [-0.3, -0.25) is 0 Å². The molecule has 3 aromatic heterocycles. The van der Waals surface area contributed by atoms with Gasteiger partial charge in [0.1, 0.15) is 0 Å². The average molecular weight is 946 g/mol. The Bertz CT molecular complexity index is 4210. The maximum atomic E-state index is 5.31. The fraction of sp³-hybridized carbons (Fsp3) is 0. The number of hydrogen-bond acceptors (Lipinski definition) is 3. The average Bonchev–Trinajstić information content (AvgIpc) is 4.01. The van der Waals surface area contributed by atoms with Gasteiger partial charge in [0.25, 0.3) is 0 Å². The molecule has 74 heavy (non-hydrogen) atoms. The Morgan fingerprint density at radius 1 is 0.392 bits per heavy atom. The van der Waals surface area contributed by atoms with Crippen LogP contribution in [0.2, 0.25) is 0 Å². The second kappa shape index (κ2) is 19.0. The van der Waals surface area contributed by atoms with Crippen LogP contribution in [-0.2, 0) is 0 Å². The molecule has 0 bridgehead atoms. The summed E-state index contributed by atoms with van der Waals surface area (Å²) < 4.78 is 4.92. The molecule has 0 amide bonds. The summed E-state index contributed by atoms with van der Waals surface area (Å²) in [6, 6.07) is 87.8. The largest absolute Gasteiger partial charge is 0.309 e. The molecule has 5 nitrogen and oxygen atoms in total. The minimum absolute atomic E-state index is 0.572. The van der Waals surface area contributed by atoms with Crippen LogP contribution in [0, 0.1) is 0 Å². The van der Waals surface area contributed by atoms with Gasteiger partial charge >= 0.3 is 0 Å². The quantitative estimate of drug-likeness (QED) is 0.121. The van der Waals surface area contributed by atoms with Gasteiger partial charge in [-0.05, 0) is 75.9 Å². The number of benzene rings is 10. The Hall–Kier alpha value is -9.97. The highest BCUT2D eigenvalue weighted by atomic mass is 15.0. The van der Waals surface area contributed by atoms with E-state index in [1.807, 2.05) is 48.5 Å². The van der Waals surface area contributed by atoms with Crippen molar-refractivity contribution in [1.29, 1.82) is 0 Å². The Kier molecular flexibility index (Phi) is 11.3. The van der Waals surface area contributed by atoms with Gasteiger partial charge in [-0.15, -0.1) is 0 Å². The van der Waals surface area contributed by atoms with Gasteiger partial charge in [-0.25, -0.2) is 15.0 Å². The van der Waals surface area contributed by atoms with Crippen LogP contribution in [0.3, 0.4) is 0 Å². The number of hydrogen-bond donors (Lipinski definition) is 0. The van der Waals surface area contributed by atoms with E-state index in [1.54, 1.807) is 0 Å². The summed E-state index contributed by atoms with van der Waals surface area (Å²) in [6.45, 7) is 4.24. The first kappa shape index (κ1) is 44.0. The number of para-hydroxylation sites is 3. The maximum Gasteiger partial charge on any atom is 0.164 e. The van der Waals surface area contributed by atoms with Gasteiger partial charge in [-0.2, -0.15) is 0 Å². The van der Waals surface area contributed by atoms with Crippen LogP contribution in [0.1, 0.15) is 11.1 Å².